The Morgan fingerprint density at radius 2 is 2.37 bits per heavy atom. The van der Waals surface area contributed by atoms with Crippen LogP contribution in [0.4, 0.5) is 4.79 Å². The lowest BCUT2D eigenvalue weighted by Crippen LogP contribution is -2.50. The average molecular weight is 280 g/mol. The number of carbonyl (C=O) groups is 2. The molecule has 2 atom stereocenters. The highest BCUT2D eigenvalue weighted by Crippen LogP contribution is 2.32. The predicted octanol–water partition coefficient (Wildman–Crippen LogP) is 2.19. The van der Waals surface area contributed by atoms with Gasteiger partial charge in [0.1, 0.15) is 5.92 Å². The maximum atomic E-state index is 12.1. The van der Waals surface area contributed by atoms with Gasteiger partial charge in [-0.3, -0.25) is 4.79 Å². The molecule has 1 saturated heterocycles. The first-order valence-corrected chi connectivity index (χ1v) is 6.97. The average Bonchev–Trinajstić information content (AvgIpc) is 2.88. The number of hydrogen-bond donors (Lipinski definition) is 2. The molecule has 1 aliphatic heterocycles. The summed E-state index contributed by atoms with van der Waals surface area (Å²) in [7, 11) is 0. The standard InChI is InChI=1S/C13H16N2O3S/c1-3-6-18-12(16)10-8(2)14-13(17)15-11(10)9-5-4-7-19-9/h4-5,7,10-11H,2-3,6H2,1H3,(H2,14,15,17)/t10-,11+/m1/s1. The van der Waals surface area contributed by atoms with Crippen molar-refractivity contribution in [3.8, 4) is 0 Å². The molecule has 1 fully saturated rings. The monoisotopic (exact) mass is 280 g/mol. The molecule has 0 aliphatic carbocycles. The lowest BCUT2D eigenvalue weighted by Gasteiger charge is -2.32. The summed E-state index contributed by atoms with van der Waals surface area (Å²) in [6.45, 7) is 6.07. The fourth-order valence-electron chi connectivity index (χ4n) is 1.96. The van der Waals surface area contributed by atoms with E-state index < -0.39 is 12.0 Å². The first kappa shape index (κ1) is 13.6. The van der Waals surface area contributed by atoms with Crippen molar-refractivity contribution in [2.75, 3.05) is 6.61 Å². The van der Waals surface area contributed by atoms with Crippen molar-refractivity contribution in [2.45, 2.75) is 19.4 Å². The van der Waals surface area contributed by atoms with Gasteiger partial charge in [-0.25, -0.2) is 4.79 Å². The van der Waals surface area contributed by atoms with Crippen LogP contribution in [0.25, 0.3) is 0 Å². The minimum Gasteiger partial charge on any atom is -0.465 e. The molecule has 2 rings (SSSR count). The Hall–Kier alpha value is -1.82. The lowest BCUT2D eigenvalue weighted by molar-refractivity contribution is -0.148. The van der Waals surface area contributed by atoms with Crippen molar-refractivity contribution in [1.29, 1.82) is 0 Å². The Balaban J connectivity index is 2.22. The molecule has 0 aromatic carbocycles. The zero-order chi connectivity index (χ0) is 13.8. The quantitative estimate of drug-likeness (QED) is 0.831. The normalized spacial score (nSPS) is 22.6. The number of hydrogen-bond acceptors (Lipinski definition) is 4. The van der Waals surface area contributed by atoms with Gasteiger partial charge in [0.15, 0.2) is 0 Å². The van der Waals surface area contributed by atoms with Crippen LogP contribution < -0.4 is 10.6 Å². The summed E-state index contributed by atoms with van der Waals surface area (Å²) < 4.78 is 5.18. The van der Waals surface area contributed by atoms with Gasteiger partial charge in [-0.05, 0) is 17.9 Å². The first-order valence-electron chi connectivity index (χ1n) is 6.09. The van der Waals surface area contributed by atoms with E-state index in [1.807, 2.05) is 24.4 Å². The smallest absolute Gasteiger partial charge is 0.319 e. The molecule has 1 aromatic heterocycles. The van der Waals surface area contributed by atoms with E-state index in [0.29, 0.717) is 12.3 Å². The van der Waals surface area contributed by atoms with Crippen LogP contribution in [0.3, 0.4) is 0 Å². The molecule has 2 amide bonds. The SMILES string of the molecule is C=C1NC(=O)N[C@@H](c2cccs2)[C@@H]1C(=O)OCCC. The van der Waals surface area contributed by atoms with Crippen LogP contribution in [0.2, 0.25) is 0 Å². The number of rotatable bonds is 4. The number of thiophene rings is 1. The van der Waals surface area contributed by atoms with Gasteiger partial charge in [-0.15, -0.1) is 11.3 Å². The highest BCUT2D eigenvalue weighted by molar-refractivity contribution is 7.10. The fourth-order valence-corrected chi connectivity index (χ4v) is 2.77. The van der Waals surface area contributed by atoms with Gasteiger partial charge in [0.05, 0.1) is 12.6 Å². The summed E-state index contributed by atoms with van der Waals surface area (Å²) in [5, 5.41) is 7.20. The topological polar surface area (TPSA) is 67.4 Å². The molecule has 0 saturated carbocycles. The van der Waals surface area contributed by atoms with E-state index in [-0.39, 0.29) is 12.0 Å². The van der Waals surface area contributed by atoms with E-state index >= 15 is 0 Å². The minimum absolute atomic E-state index is 0.344. The van der Waals surface area contributed by atoms with Crippen molar-refractivity contribution >= 4 is 23.3 Å². The van der Waals surface area contributed by atoms with Gasteiger partial charge in [-0.2, -0.15) is 0 Å². The molecule has 0 radical (unpaired) electrons. The van der Waals surface area contributed by atoms with Crippen molar-refractivity contribution in [3.63, 3.8) is 0 Å². The number of carbonyl (C=O) groups excluding carboxylic acids is 2. The fraction of sp³-hybridized carbons (Fsp3) is 0.385. The molecule has 19 heavy (non-hydrogen) atoms. The van der Waals surface area contributed by atoms with Crippen LogP contribution in [0.1, 0.15) is 24.3 Å². The number of urea groups is 1. The molecule has 2 N–H and O–H groups in total. The molecule has 0 bridgehead atoms. The van der Waals surface area contributed by atoms with Gasteiger partial charge in [0.2, 0.25) is 0 Å². The Morgan fingerprint density at radius 1 is 1.58 bits per heavy atom. The highest BCUT2D eigenvalue weighted by Gasteiger charge is 2.39. The third-order valence-corrected chi connectivity index (χ3v) is 3.78. The van der Waals surface area contributed by atoms with Crippen LogP contribution in [-0.4, -0.2) is 18.6 Å². The summed E-state index contributed by atoms with van der Waals surface area (Å²) in [6, 6.07) is 3.01. The number of nitrogens with one attached hydrogen (secondary N) is 2. The van der Waals surface area contributed by atoms with Crippen LogP contribution in [0, 0.1) is 5.92 Å². The summed E-state index contributed by atoms with van der Waals surface area (Å²) in [6.07, 6.45) is 0.758. The van der Waals surface area contributed by atoms with E-state index in [1.54, 1.807) is 0 Å². The van der Waals surface area contributed by atoms with Gasteiger partial charge < -0.3 is 15.4 Å². The van der Waals surface area contributed by atoms with Crippen molar-refractivity contribution in [3.05, 3.63) is 34.7 Å². The van der Waals surface area contributed by atoms with Crippen LogP contribution >= 0.6 is 11.3 Å². The van der Waals surface area contributed by atoms with E-state index in [4.69, 9.17) is 4.74 Å². The Kier molecular flexibility index (Phi) is 4.21. The number of amides is 2. The van der Waals surface area contributed by atoms with Crippen molar-refractivity contribution in [1.82, 2.24) is 10.6 Å². The molecule has 0 unspecified atom stereocenters. The molecule has 5 nitrogen and oxygen atoms in total. The Labute approximate surface area is 115 Å². The first-order chi connectivity index (χ1) is 9.13. The van der Waals surface area contributed by atoms with E-state index in [9.17, 15) is 9.59 Å². The molecule has 1 aliphatic rings. The third-order valence-electron chi connectivity index (χ3n) is 2.82. The van der Waals surface area contributed by atoms with Crippen LogP contribution in [0.5, 0.6) is 0 Å². The van der Waals surface area contributed by atoms with E-state index in [0.717, 1.165) is 11.3 Å². The maximum Gasteiger partial charge on any atom is 0.319 e. The molecular formula is C13H16N2O3S. The van der Waals surface area contributed by atoms with Crippen LogP contribution in [-0.2, 0) is 9.53 Å². The number of esters is 1. The highest BCUT2D eigenvalue weighted by atomic mass is 32.1. The molecule has 1 aromatic rings. The molecule has 0 spiro atoms. The third kappa shape index (κ3) is 2.96. The predicted molar refractivity (Wildman–Crippen MR) is 72.6 cm³/mol. The second-order valence-electron chi connectivity index (χ2n) is 4.26. The van der Waals surface area contributed by atoms with Crippen molar-refractivity contribution in [2.24, 2.45) is 5.92 Å². The van der Waals surface area contributed by atoms with E-state index in [2.05, 4.69) is 17.2 Å². The van der Waals surface area contributed by atoms with Gasteiger partial charge in [0.25, 0.3) is 0 Å². The molecule has 2 heterocycles. The molecule has 102 valence electrons. The minimum atomic E-state index is -0.595. The van der Waals surface area contributed by atoms with E-state index in [1.165, 1.54) is 11.3 Å². The lowest BCUT2D eigenvalue weighted by atomic mass is 9.93. The largest absolute Gasteiger partial charge is 0.465 e. The van der Waals surface area contributed by atoms with Gasteiger partial charge in [0, 0.05) is 10.6 Å². The summed E-state index contributed by atoms with van der Waals surface area (Å²) >= 11 is 1.49. The summed E-state index contributed by atoms with van der Waals surface area (Å²) in [4.78, 5) is 24.6. The zero-order valence-electron chi connectivity index (χ0n) is 10.6. The molecular weight excluding hydrogens is 264 g/mol. The second kappa shape index (κ2) is 5.88. The Morgan fingerprint density at radius 3 is 3.00 bits per heavy atom. The zero-order valence-corrected chi connectivity index (χ0v) is 11.5. The Bertz CT molecular complexity index is 484. The van der Waals surface area contributed by atoms with Crippen molar-refractivity contribution < 1.29 is 14.3 Å². The molecule has 6 heteroatoms. The van der Waals surface area contributed by atoms with Gasteiger partial charge in [-0.1, -0.05) is 19.6 Å². The van der Waals surface area contributed by atoms with Gasteiger partial charge >= 0.3 is 12.0 Å². The number of ether oxygens (including phenoxy) is 1. The summed E-state index contributed by atoms with van der Waals surface area (Å²) in [5.74, 6) is -0.958. The second-order valence-corrected chi connectivity index (χ2v) is 5.24. The van der Waals surface area contributed by atoms with Crippen LogP contribution in [0.15, 0.2) is 29.8 Å². The summed E-state index contributed by atoms with van der Waals surface area (Å²) in [5.41, 5.74) is 0.378. The maximum absolute atomic E-state index is 12.1.